The van der Waals surface area contributed by atoms with Crippen LogP contribution in [0.1, 0.15) is 36.2 Å². The van der Waals surface area contributed by atoms with Crippen molar-refractivity contribution in [2.45, 2.75) is 31.8 Å². The Kier molecular flexibility index (Phi) is 5.46. The second-order valence-electron chi connectivity index (χ2n) is 7.97. The van der Waals surface area contributed by atoms with Gasteiger partial charge < -0.3 is 14.6 Å². The molecule has 1 saturated heterocycles. The Morgan fingerprint density at radius 1 is 1.19 bits per heavy atom. The van der Waals surface area contributed by atoms with Crippen LogP contribution in [0.15, 0.2) is 48.5 Å². The van der Waals surface area contributed by atoms with Crippen molar-refractivity contribution in [2.24, 2.45) is 0 Å². The molecule has 2 aliphatic rings. The third-order valence-corrected chi connectivity index (χ3v) is 6.88. The number of hydrogen-bond donors (Lipinski definition) is 1. The number of hydrogen-bond acceptors (Lipinski definition) is 3. The number of thiocarbonyl (C=S) groups is 1. The molecule has 1 fully saturated rings. The average Bonchev–Trinajstić information content (AvgIpc) is 3.26. The molecule has 3 aromatic rings. The van der Waals surface area contributed by atoms with Crippen LogP contribution >= 0.6 is 23.8 Å². The van der Waals surface area contributed by atoms with Crippen molar-refractivity contribution >= 4 is 45.7 Å². The monoisotopic (exact) mass is 453 g/mol. The molecule has 0 saturated carbocycles. The van der Waals surface area contributed by atoms with Crippen LogP contribution in [0.3, 0.4) is 0 Å². The summed E-state index contributed by atoms with van der Waals surface area (Å²) >= 11 is 12.0. The number of rotatable bonds is 6. The summed E-state index contributed by atoms with van der Waals surface area (Å²) in [4.78, 5) is 20.9. The van der Waals surface area contributed by atoms with E-state index in [2.05, 4.69) is 22.0 Å². The highest BCUT2D eigenvalue weighted by molar-refractivity contribution is 7.80. The normalized spacial score (nSPS) is 20.5. The van der Waals surface area contributed by atoms with Crippen molar-refractivity contribution < 1.29 is 9.53 Å². The molecule has 31 heavy (non-hydrogen) atoms. The van der Waals surface area contributed by atoms with Crippen LogP contribution in [-0.2, 0) is 16.0 Å². The van der Waals surface area contributed by atoms with Gasteiger partial charge in [0.1, 0.15) is 6.04 Å². The molecule has 1 N–H and O–H groups in total. The Morgan fingerprint density at radius 2 is 1.97 bits per heavy atom. The van der Waals surface area contributed by atoms with E-state index >= 15 is 0 Å². The lowest BCUT2D eigenvalue weighted by molar-refractivity contribution is -0.128. The topological polar surface area (TPSA) is 48.6 Å². The van der Waals surface area contributed by atoms with E-state index in [1.165, 1.54) is 10.9 Å². The number of carbonyl (C=O) groups is 1. The fourth-order valence-electron chi connectivity index (χ4n) is 4.80. The highest BCUT2D eigenvalue weighted by Gasteiger charge is 2.50. The number of carbonyl (C=O) groups excluding carboxylic acids is 1. The molecule has 5 nitrogen and oxygen atoms in total. The standard InChI is InChI=1S/C24H24ClN3O2S/c1-2-30-13-5-12-27-23(29)20-14-18-17-6-3-4-7-19(17)26-21(18)22(28(20)24(27)31)15-8-10-16(25)11-9-15/h3-4,6-11,20,22,26H,2,5,12-14H2,1H3/t20-,22+/m1/s1. The van der Waals surface area contributed by atoms with Crippen LogP contribution in [-0.4, -0.2) is 51.6 Å². The van der Waals surface area contributed by atoms with Gasteiger partial charge in [0.05, 0.1) is 6.04 Å². The minimum atomic E-state index is -0.299. The Hall–Kier alpha value is -2.41. The summed E-state index contributed by atoms with van der Waals surface area (Å²) in [6.45, 7) is 3.85. The minimum absolute atomic E-state index is 0.0800. The molecule has 0 radical (unpaired) electrons. The van der Waals surface area contributed by atoms with Crippen LogP contribution in [0, 0.1) is 0 Å². The fourth-order valence-corrected chi connectivity index (χ4v) is 5.34. The molecular weight excluding hydrogens is 430 g/mol. The molecule has 5 rings (SSSR count). The van der Waals surface area contributed by atoms with Gasteiger partial charge in [-0.05, 0) is 54.9 Å². The van der Waals surface area contributed by atoms with E-state index in [0.717, 1.165) is 23.2 Å². The van der Waals surface area contributed by atoms with Crippen molar-refractivity contribution in [2.75, 3.05) is 19.8 Å². The van der Waals surface area contributed by atoms with Gasteiger partial charge in [-0.25, -0.2) is 0 Å². The second kappa shape index (κ2) is 8.26. The molecule has 2 aliphatic heterocycles. The zero-order chi connectivity index (χ0) is 21.5. The molecule has 160 valence electrons. The minimum Gasteiger partial charge on any atom is -0.382 e. The summed E-state index contributed by atoms with van der Waals surface area (Å²) in [6.07, 6.45) is 1.41. The predicted molar refractivity (Wildman–Crippen MR) is 126 cm³/mol. The van der Waals surface area contributed by atoms with Crippen molar-refractivity contribution in [3.05, 3.63) is 70.4 Å². The molecule has 0 unspecified atom stereocenters. The van der Waals surface area contributed by atoms with Gasteiger partial charge in [0.25, 0.3) is 5.91 Å². The molecule has 2 atom stereocenters. The van der Waals surface area contributed by atoms with E-state index in [0.29, 0.717) is 36.3 Å². The molecule has 0 spiro atoms. The number of benzene rings is 2. The summed E-state index contributed by atoms with van der Waals surface area (Å²) in [6, 6.07) is 15.6. The summed E-state index contributed by atoms with van der Waals surface area (Å²) in [7, 11) is 0. The quantitative estimate of drug-likeness (QED) is 0.434. The second-order valence-corrected chi connectivity index (χ2v) is 8.77. The Bertz CT molecular complexity index is 1140. The smallest absolute Gasteiger partial charge is 0.251 e. The van der Waals surface area contributed by atoms with Gasteiger partial charge in [-0.15, -0.1) is 0 Å². The number of fused-ring (bicyclic) bond motifs is 4. The summed E-state index contributed by atoms with van der Waals surface area (Å²) in [5.41, 5.74) is 4.45. The Balaban J connectivity index is 1.58. The number of para-hydroxylation sites is 1. The number of ether oxygens (including phenoxy) is 1. The lowest BCUT2D eigenvalue weighted by Gasteiger charge is -2.37. The zero-order valence-electron chi connectivity index (χ0n) is 17.3. The van der Waals surface area contributed by atoms with Gasteiger partial charge >= 0.3 is 0 Å². The number of nitrogens with one attached hydrogen (secondary N) is 1. The van der Waals surface area contributed by atoms with E-state index < -0.39 is 0 Å². The van der Waals surface area contributed by atoms with Gasteiger partial charge in [0.15, 0.2) is 5.11 Å². The fraction of sp³-hybridized carbons (Fsp3) is 0.333. The third kappa shape index (κ3) is 3.43. The van der Waals surface area contributed by atoms with E-state index in [-0.39, 0.29) is 18.0 Å². The summed E-state index contributed by atoms with van der Waals surface area (Å²) < 4.78 is 5.46. The average molecular weight is 454 g/mol. The largest absolute Gasteiger partial charge is 0.382 e. The number of nitrogens with zero attached hydrogens (tertiary/aromatic N) is 2. The molecule has 0 aliphatic carbocycles. The predicted octanol–water partition coefficient (Wildman–Crippen LogP) is 4.69. The lowest BCUT2D eigenvalue weighted by Crippen LogP contribution is -2.44. The number of aromatic amines is 1. The SMILES string of the molecule is CCOCCCN1C(=O)[C@H]2Cc3c([nH]c4ccccc34)[C@H](c3ccc(Cl)cc3)N2C1=S. The van der Waals surface area contributed by atoms with E-state index in [1.54, 1.807) is 4.90 Å². The van der Waals surface area contributed by atoms with Gasteiger partial charge in [-0.1, -0.05) is 41.9 Å². The van der Waals surface area contributed by atoms with Crippen molar-refractivity contribution in [3.8, 4) is 0 Å². The van der Waals surface area contributed by atoms with Crippen LogP contribution in [0.2, 0.25) is 5.02 Å². The number of amides is 1. The first-order chi connectivity index (χ1) is 15.1. The maximum absolute atomic E-state index is 13.4. The summed E-state index contributed by atoms with van der Waals surface area (Å²) in [5, 5.41) is 2.45. The molecule has 7 heteroatoms. The van der Waals surface area contributed by atoms with E-state index in [4.69, 9.17) is 28.6 Å². The zero-order valence-corrected chi connectivity index (χ0v) is 18.9. The highest BCUT2D eigenvalue weighted by Crippen LogP contribution is 2.44. The molecule has 1 amide bonds. The van der Waals surface area contributed by atoms with Crippen LogP contribution in [0.25, 0.3) is 10.9 Å². The first kappa shape index (κ1) is 20.5. The number of aromatic nitrogens is 1. The Morgan fingerprint density at radius 3 is 2.74 bits per heavy atom. The lowest BCUT2D eigenvalue weighted by atomic mass is 9.89. The van der Waals surface area contributed by atoms with Gasteiger partial charge in [0, 0.05) is 47.8 Å². The van der Waals surface area contributed by atoms with Crippen LogP contribution < -0.4 is 0 Å². The van der Waals surface area contributed by atoms with Crippen molar-refractivity contribution in [1.82, 2.24) is 14.8 Å². The number of H-pyrrole nitrogens is 1. The van der Waals surface area contributed by atoms with Crippen LogP contribution in [0.5, 0.6) is 0 Å². The van der Waals surface area contributed by atoms with Crippen molar-refractivity contribution in [1.29, 1.82) is 0 Å². The van der Waals surface area contributed by atoms with Gasteiger partial charge in [0.2, 0.25) is 0 Å². The van der Waals surface area contributed by atoms with Crippen LogP contribution in [0.4, 0.5) is 0 Å². The highest BCUT2D eigenvalue weighted by atomic mass is 35.5. The molecule has 0 bridgehead atoms. The Labute approximate surface area is 191 Å². The van der Waals surface area contributed by atoms with Gasteiger partial charge in [-0.2, -0.15) is 0 Å². The van der Waals surface area contributed by atoms with E-state index in [9.17, 15) is 4.79 Å². The maximum Gasteiger partial charge on any atom is 0.251 e. The first-order valence-electron chi connectivity index (χ1n) is 10.7. The van der Waals surface area contributed by atoms with Crippen molar-refractivity contribution in [3.63, 3.8) is 0 Å². The first-order valence-corrected chi connectivity index (χ1v) is 11.4. The number of halogens is 1. The molecule has 2 aromatic carbocycles. The van der Waals surface area contributed by atoms with E-state index in [1.807, 2.05) is 43.3 Å². The van der Waals surface area contributed by atoms with Gasteiger partial charge in [-0.3, -0.25) is 9.69 Å². The maximum atomic E-state index is 13.4. The third-order valence-electron chi connectivity index (χ3n) is 6.19. The summed E-state index contributed by atoms with van der Waals surface area (Å²) in [5.74, 6) is 0.0800. The molecule has 1 aromatic heterocycles. The molecule has 3 heterocycles. The molecular formula is C24H24ClN3O2S.